The third kappa shape index (κ3) is 4.08. The summed E-state index contributed by atoms with van der Waals surface area (Å²) in [6.07, 6.45) is -4.61. The van der Waals surface area contributed by atoms with Gasteiger partial charge in [-0.15, -0.1) is 11.3 Å². The molecule has 7 nitrogen and oxygen atoms in total. The van der Waals surface area contributed by atoms with Crippen LogP contribution >= 0.6 is 11.3 Å². The van der Waals surface area contributed by atoms with Crippen molar-refractivity contribution in [2.75, 3.05) is 10.5 Å². The molecule has 0 bridgehead atoms. The Morgan fingerprint density at radius 3 is 2.48 bits per heavy atom. The number of halogens is 3. The Bertz CT molecular complexity index is 1080. The van der Waals surface area contributed by atoms with Crippen molar-refractivity contribution < 1.29 is 26.4 Å². The second-order valence-corrected chi connectivity index (χ2v) is 9.91. The molecule has 3 rings (SSSR count). The van der Waals surface area contributed by atoms with Gasteiger partial charge in [0.25, 0.3) is 5.91 Å². The number of amides is 1. The molecule has 12 heteroatoms. The van der Waals surface area contributed by atoms with E-state index in [4.69, 9.17) is 0 Å². The first-order valence-corrected chi connectivity index (χ1v) is 11.2. The molecule has 158 valence electrons. The van der Waals surface area contributed by atoms with Crippen LogP contribution in [0.4, 0.5) is 19.0 Å². The highest BCUT2D eigenvalue weighted by atomic mass is 32.2. The number of alkyl halides is 3. The molecule has 2 aromatic rings. The fourth-order valence-electron chi connectivity index (χ4n) is 3.03. The zero-order chi connectivity index (χ0) is 21.7. The lowest BCUT2D eigenvalue weighted by Gasteiger charge is -2.26. The number of hydrogen-bond donors (Lipinski definition) is 1. The van der Waals surface area contributed by atoms with Crippen LogP contribution in [0.5, 0.6) is 0 Å². The predicted octanol–water partition coefficient (Wildman–Crippen LogP) is 3.49. The molecule has 0 fully saturated rings. The largest absolute Gasteiger partial charge is 0.408 e. The molecule has 0 saturated heterocycles. The van der Waals surface area contributed by atoms with Crippen LogP contribution in [0.1, 0.15) is 40.5 Å². The van der Waals surface area contributed by atoms with Crippen LogP contribution in [0.25, 0.3) is 10.6 Å². The molecule has 0 unspecified atom stereocenters. The Morgan fingerprint density at radius 2 is 1.97 bits per heavy atom. The van der Waals surface area contributed by atoms with Gasteiger partial charge in [-0.25, -0.2) is 18.4 Å². The molecule has 2 aromatic heterocycles. The third-order valence-electron chi connectivity index (χ3n) is 4.63. The van der Waals surface area contributed by atoms with Crippen LogP contribution < -0.4 is 4.72 Å². The maximum absolute atomic E-state index is 13.2. The Kier molecular flexibility index (Phi) is 5.37. The molecule has 1 N–H and O–H groups in total. The molecule has 29 heavy (non-hydrogen) atoms. The standard InChI is InChI=1S/C17H19F3N4O3S2/c1-5-29(26,27)23-15-13-11(7-24(16(13)25)9(3)17(18,19)20)6-12(22-15)14-8(2)21-10(4)28-14/h6,9H,5,7H2,1-4H3,(H,22,23)/t9-/m0/s1. The molecule has 1 amide bonds. The van der Waals surface area contributed by atoms with E-state index in [0.717, 1.165) is 11.9 Å². The molecular formula is C17H19F3N4O3S2. The van der Waals surface area contributed by atoms with Gasteiger partial charge in [0.2, 0.25) is 10.0 Å². The van der Waals surface area contributed by atoms with Crippen molar-refractivity contribution in [3.63, 3.8) is 0 Å². The Labute approximate surface area is 170 Å². The fraction of sp³-hybridized carbons (Fsp3) is 0.471. The first-order chi connectivity index (χ1) is 13.3. The average molecular weight is 448 g/mol. The van der Waals surface area contributed by atoms with Gasteiger partial charge in [-0.05, 0) is 39.3 Å². The molecule has 0 spiro atoms. The van der Waals surface area contributed by atoms with Gasteiger partial charge in [0, 0.05) is 6.54 Å². The number of rotatable bonds is 5. The third-order valence-corrected chi connectivity index (χ3v) is 6.99. The van der Waals surface area contributed by atoms with E-state index in [2.05, 4.69) is 14.7 Å². The molecule has 1 atom stereocenters. The van der Waals surface area contributed by atoms with Gasteiger partial charge in [0.1, 0.15) is 6.04 Å². The number of aromatic nitrogens is 2. The van der Waals surface area contributed by atoms with Crippen LogP contribution in [0, 0.1) is 13.8 Å². The lowest BCUT2D eigenvalue weighted by molar-refractivity contribution is -0.172. The second kappa shape index (κ2) is 7.24. The van der Waals surface area contributed by atoms with Crippen LogP contribution in [-0.2, 0) is 16.6 Å². The summed E-state index contributed by atoms with van der Waals surface area (Å²) in [7, 11) is -3.81. The minimum atomic E-state index is -4.61. The molecule has 0 saturated carbocycles. The summed E-state index contributed by atoms with van der Waals surface area (Å²) >= 11 is 1.33. The number of carbonyl (C=O) groups excluding carboxylic acids is 1. The number of thiazole rings is 1. The fourth-order valence-corrected chi connectivity index (χ4v) is 4.50. The van der Waals surface area contributed by atoms with Gasteiger partial charge in [-0.2, -0.15) is 13.2 Å². The van der Waals surface area contributed by atoms with E-state index >= 15 is 0 Å². The van der Waals surface area contributed by atoms with Crippen LogP contribution in [0.15, 0.2) is 6.07 Å². The summed E-state index contributed by atoms with van der Waals surface area (Å²) in [6, 6.07) is -0.492. The maximum atomic E-state index is 13.2. The number of carbonyl (C=O) groups is 1. The van der Waals surface area contributed by atoms with Crippen molar-refractivity contribution in [3.05, 3.63) is 27.9 Å². The minimum Gasteiger partial charge on any atom is -0.322 e. The normalized spacial score (nSPS) is 15.6. The molecule has 0 aromatic carbocycles. The Balaban J connectivity index is 2.16. The van der Waals surface area contributed by atoms with Crippen molar-refractivity contribution in [1.82, 2.24) is 14.9 Å². The molecule has 0 aliphatic carbocycles. The highest BCUT2D eigenvalue weighted by Crippen LogP contribution is 2.38. The Morgan fingerprint density at radius 1 is 1.31 bits per heavy atom. The lowest BCUT2D eigenvalue weighted by atomic mass is 10.1. The van der Waals surface area contributed by atoms with E-state index in [1.807, 2.05) is 0 Å². The zero-order valence-electron chi connectivity index (χ0n) is 16.1. The molecule has 1 aliphatic rings. The van der Waals surface area contributed by atoms with Gasteiger partial charge in [-0.1, -0.05) is 0 Å². The Hall–Kier alpha value is -2.21. The number of nitrogens with one attached hydrogen (secondary N) is 1. The first kappa shape index (κ1) is 21.5. The number of nitrogens with zero attached hydrogens (tertiary/aromatic N) is 3. The van der Waals surface area contributed by atoms with Crippen molar-refractivity contribution in [2.24, 2.45) is 0 Å². The molecular weight excluding hydrogens is 429 g/mol. The van der Waals surface area contributed by atoms with E-state index in [-0.39, 0.29) is 29.2 Å². The van der Waals surface area contributed by atoms with Gasteiger partial charge in [0.15, 0.2) is 5.82 Å². The average Bonchev–Trinajstić information content (AvgIpc) is 3.12. The monoisotopic (exact) mass is 448 g/mol. The number of aryl methyl sites for hydroxylation is 2. The molecule has 3 heterocycles. The number of fused-ring (bicyclic) bond motifs is 1. The van der Waals surface area contributed by atoms with Crippen molar-refractivity contribution in [3.8, 4) is 10.6 Å². The highest BCUT2D eigenvalue weighted by Gasteiger charge is 2.46. The quantitative estimate of drug-likeness (QED) is 0.756. The van der Waals surface area contributed by atoms with E-state index in [9.17, 15) is 26.4 Å². The van der Waals surface area contributed by atoms with Crippen molar-refractivity contribution in [1.29, 1.82) is 0 Å². The lowest BCUT2D eigenvalue weighted by Crippen LogP contribution is -2.43. The molecule has 0 radical (unpaired) electrons. The highest BCUT2D eigenvalue weighted by molar-refractivity contribution is 7.92. The van der Waals surface area contributed by atoms with E-state index < -0.39 is 28.1 Å². The number of hydrogen-bond acceptors (Lipinski definition) is 6. The topological polar surface area (TPSA) is 92.3 Å². The summed E-state index contributed by atoms with van der Waals surface area (Å²) in [5.41, 5.74) is 1.15. The number of anilines is 1. The number of pyridine rings is 1. The second-order valence-electron chi connectivity index (χ2n) is 6.69. The predicted molar refractivity (Wildman–Crippen MR) is 103 cm³/mol. The van der Waals surface area contributed by atoms with Gasteiger partial charge in [-0.3, -0.25) is 9.52 Å². The van der Waals surface area contributed by atoms with Crippen LogP contribution in [0.2, 0.25) is 0 Å². The van der Waals surface area contributed by atoms with Crippen molar-refractivity contribution >= 4 is 33.1 Å². The van der Waals surface area contributed by atoms with Gasteiger partial charge >= 0.3 is 6.18 Å². The maximum Gasteiger partial charge on any atom is 0.408 e. The van der Waals surface area contributed by atoms with E-state index in [0.29, 0.717) is 21.2 Å². The zero-order valence-corrected chi connectivity index (χ0v) is 17.7. The van der Waals surface area contributed by atoms with Crippen molar-refractivity contribution in [2.45, 2.75) is 46.5 Å². The summed E-state index contributed by atoms with van der Waals surface area (Å²) in [5, 5.41) is 0.763. The smallest absolute Gasteiger partial charge is 0.322 e. The summed E-state index contributed by atoms with van der Waals surface area (Å²) in [6.45, 7) is 5.56. The van der Waals surface area contributed by atoms with Gasteiger partial charge < -0.3 is 4.90 Å². The molecule has 1 aliphatic heterocycles. The summed E-state index contributed by atoms with van der Waals surface area (Å²) in [5.74, 6) is -1.44. The number of sulfonamides is 1. The minimum absolute atomic E-state index is 0.152. The summed E-state index contributed by atoms with van der Waals surface area (Å²) in [4.78, 5) is 22.7. The van der Waals surface area contributed by atoms with Crippen LogP contribution in [0.3, 0.4) is 0 Å². The van der Waals surface area contributed by atoms with E-state index in [1.54, 1.807) is 13.8 Å². The first-order valence-electron chi connectivity index (χ1n) is 8.70. The van der Waals surface area contributed by atoms with Crippen LogP contribution in [-0.4, -0.2) is 47.2 Å². The summed E-state index contributed by atoms with van der Waals surface area (Å²) < 4.78 is 66.0. The SMILES string of the molecule is CCS(=O)(=O)Nc1nc(-c2sc(C)nc2C)cc2c1C(=O)N([C@@H](C)C(F)(F)F)C2. The van der Waals surface area contributed by atoms with E-state index in [1.165, 1.54) is 24.3 Å². The van der Waals surface area contributed by atoms with Gasteiger partial charge in [0.05, 0.1) is 32.6 Å².